The van der Waals surface area contributed by atoms with E-state index in [9.17, 15) is 9.59 Å². The summed E-state index contributed by atoms with van der Waals surface area (Å²) < 4.78 is 15.6. The largest absolute Gasteiger partial charge is 0.467 e. The lowest BCUT2D eigenvalue weighted by Crippen LogP contribution is -2.53. The lowest BCUT2D eigenvalue weighted by atomic mass is 10.2. The van der Waals surface area contributed by atoms with Gasteiger partial charge in [-0.3, -0.25) is 0 Å². The highest BCUT2D eigenvalue weighted by atomic mass is 28.4. The van der Waals surface area contributed by atoms with Crippen LogP contribution < -0.4 is 5.32 Å². The fraction of sp³-hybridized carbons (Fsp3) is 0.833. The lowest BCUT2D eigenvalue weighted by Gasteiger charge is -2.39. The van der Waals surface area contributed by atoms with Crippen molar-refractivity contribution in [1.82, 2.24) is 5.32 Å². The summed E-state index contributed by atoms with van der Waals surface area (Å²) in [6.45, 7) is 10.4. The molecule has 1 N–H and O–H groups in total. The first-order chi connectivity index (χ1) is 8.58. The molecule has 0 aromatic rings. The maximum Gasteiger partial charge on any atom is 0.407 e. The zero-order valence-corrected chi connectivity index (χ0v) is 13.4. The second-order valence-electron chi connectivity index (χ2n) is 6.17. The Bertz CT molecular complexity index is 364. The standard InChI is InChI=1S/C12H23NO5Si/c1-12(2,3)19(5,6)18-9(10(14)16-4)8-7-17-11(15)13-8/h8-9H,7H2,1-6H3,(H,13,15)/t8?,9-/m1/s1. The summed E-state index contributed by atoms with van der Waals surface area (Å²) in [5.74, 6) is -0.486. The second kappa shape index (κ2) is 5.50. The quantitative estimate of drug-likeness (QED) is 0.629. The van der Waals surface area contributed by atoms with Crippen LogP contribution >= 0.6 is 0 Å². The Morgan fingerprint density at radius 2 is 2.05 bits per heavy atom. The predicted octanol–water partition coefficient (Wildman–Crippen LogP) is 1.66. The van der Waals surface area contributed by atoms with Gasteiger partial charge in [0.1, 0.15) is 12.6 Å². The van der Waals surface area contributed by atoms with Crippen molar-refractivity contribution in [3.05, 3.63) is 0 Å². The maximum absolute atomic E-state index is 11.9. The van der Waals surface area contributed by atoms with Gasteiger partial charge in [-0.25, -0.2) is 9.59 Å². The van der Waals surface area contributed by atoms with Gasteiger partial charge in [-0.1, -0.05) is 20.8 Å². The van der Waals surface area contributed by atoms with Crippen LogP contribution in [-0.2, 0) is 18.7 Å². The third kappa shape index (κ3) is 3.70. The first-order valence-corrected chi connectivity index (χ1v) is 9.18. The molecule has 2 atom stereocenters. The van der Waals surface area contributed by atoms with Crippen LogP contribution in [0.25, 0.3) is 0 Å². The van der Waals surface area contributed by atoms with Gasteiger partial charge in [-0.2, -0.15) is 0 Å². The van der Waals surface area contributed by atoms with Gasteiger partial charge in [-0.15, -0.1) is 0 Å². The third-order valence-corrected chi connectivity index (χ3v) is 8.18. The summed E-state index contributed by atoms with van der Waals surface area (Å²) in [5, 5.41) is 2.54. The van der Waals surface area contributed by atoms with Gasteiger partial charge in [0, 0.05) is 0 Å². The summed E-state index contributed by atoms with van der Waals surface area (Å²) in [6.07, 6.45) is -1.35. The van der Waals surface area contributed by atoms with E-state index in [1.54, 1.807) is 0 Å². The highest BCUT2D eigenvalue weighted by Gasteiger charge is 2.45. The van der Waals surface area contributed by atoms with Crippen molar-refractivity contribution < 1.29 is 23.5 Å². The third-order valence-electron chi connectivity index (χ3n) is 3.72. The number of hydrogen-bond donors (Lipinski definition) is 1. The molecule has 0 saturated carbocycles. The van der Waals surface area contributed by atoms with Gasteiger partial charge in [-0.05, 0) is 18.1 Å². The molecule has 110 valence electrons. The molecule has 0 aliphatic carbocycles. The zero-order chi connectivity index (χ0) is 14.8. The number of cyclic esters (lactones) is 1. The van der Waals surface area contributed by atoms with Gasteiger partial charge < -0.3 is 19.2 Å². The summed E-state index contributed by atoms with van der Waals surface area (Å²) in [7, 11) is -0.837. The van der Waals surface area contributed by atoms with E-state index in [4.69, 9.17) is 13.9 Å². The molecule has 1 aliphatic heterocycles. The Kier molecular flexibility index (Phi) is 4.62. The Morgan fingerprint density at radius 3 is 2.42 bits per heavy atom. The van der Waals surface area contributed by atoms with E-state index in [1.807, 2.05) is 13.1 Å². The summed E-state index contributed by atoms with van der Waals surface area (Å²) in [4.78, 5) is 23.0. The molecule has 6 nitrogen and oxygen atoms in total. The molecule has 0 bridgehead atoms. The van der Waals surface area contributed by atoms with Gasteiger partial charge in [0.25, 0.3) is 0 Å². The molecule has 1 amide bonds. The molecule has 19 heavy (non-hydrogen) atoms. The highest BCUT2D eigenvalue weighted by molar-refractivity contribution is 6.74. The van der Waals surface area contributed by atoms with Crippen LogP contribution in [0.3, 0.4) is 0 Å². The average Bonchev–Trinajstić information content (AvgIpc) is 2.70. The maximum atomic E-state index is 11.9. The van der Waals surface area contributed by atoms with Crippen LogP contribution in [0.5, 0.6) is 0 Å². The van der Waals surface area contributed by atoms with Crippen LogP contribution in [0.1, 0.15) is 20.8 Å². The SMILES string of the molecule is COC(=O)[C@H](O[Si](C)(C)C(C)(C)C)C1COC(=O)N1. The molecular formula is C12H23NO5Si. The Morgan fingerprint density at radius 1 is 1.47 bits per heavy atom. The van der Waals surface area contributed by atoms with Crippen molar-refractivity contribution in [3.63, 3.8) is 0 Å². The molecule has 7 heteroatoms. The second-order valence-corrected chi connectivity index (χ2v) is 10.9. The highest BCUT2D eigenvalue weighted by Crippen LogP contribution is 2.37. The smallest absolute Gasteiger partial charge is 0.407 e. The molecule has 1 saturated heterocycles. The predicted molar refractivity (Wildman–Crippen MR) is 72.4 cm³/mol. The Hall–Kier alpha value is -1.08. The molecule has 1 fully saturated rings. The normalized spacial score (nSPS) is 21.6. The van der Waals surface area contributed by atoms with Crippen molar-refractivity contribution in [2.75, 3.05) is 13.7 Å². The van der Waals surface area contributed by atoms with E-state index in [0.29, 0.717) is 0 Å². The minimum Gasteiger partial charge on any atom is -0.467 e. The van der Waals surface area contributed by atoms with E-state index in [2.05, 4.69) is 26.1 Å². The number of alkyl carbamates (subject to hydrolysis) is 1. The molecule has 0 aromatic carbocycles. The number of nitrogens with one attached hydrogen (secondary N) is 1. The number of rotatable bonds is 4. The number of esters is 1. The number of amides is 1. The number of carbonyl (C=O) groups is 2. The van der Waals surface area contributed by atoms with E-state index < -0.39 is 32.5 Å². The van der Waals surface area contributed by atoms with Crippen molar-refractivity contribution in [1.29, 1.82) is 0 Å². The number of methoxy groups -OCH3 is 1. The van der Waals surface area contributed by atoms with Crippen LogP contribution in [0.15, 0.2) is 0 Å². The molecule has 1 rings (SSSR count). The van der Waals surface area contributed by atoms with Crippen molar-refractivity contribution in [2.45, 2.75) is 51.0 Å². The monoisotopic (exact) mass is 289 g/mol. The van der Waals surface area contributed by atoms with E-state index in [1.165, 1.54) is 7.11 Å². The van der Waals surface area contributed by atoms with E-state index in [-0.39, 0.29) is 11.6 Å². The minimum atomic E-state index is -2.14. The van der Waals surface area contributed by atoms with Gasteiger partial charge >= 0.3 is 12.1 Å². The minimum absolute atomic E-state index is 0.0389. The number of ether oxygens (including phenoxy) is 2. The van der Waals surface area contributed by atoms with Crippen molar-refractivity contribution >= 4 is 20.4 Å². The topological polar surface area (TPSA) is 73.9 Å². The van der Waals surface area contributed by atoms with Crippen molar-refractivity contribution in [2.24, 2.45) is 0 Å². The van der Waals surface area contributed by atoms with E-state index >= 15 is 0 Å². The molecule has 0 spiro atoms. The molecule has 1 heterocycles. The van der Waals surface area contributed by atoms with Gasteiger partial charge in [0.15, 0.2) is 14.4 Å². The van der Waals surface area contributed by atoms with Crippen LogP contribution in [0.4, 0.5) is 4.79 Å². The molecule has 1 unspecified atom stereocenters. The van der Waals surface area contributed by atoms with Crippen molar-refractivity contribution in [3.8, 4) is 0 Å². The summed E-state index contributed by atoms with van der Waals surface area (Å²) >= 11 is 0. The lowest BCUT2D eigenvalue weighted by molar-refractivity contribution is -0.150. The van der Waals surface area contributed by atoms with Crippen LogP contribution in [-0.4, -0.2) is 46.2 Å². The molecule has 0 radical (unpaired) electrons. The zero-order valence-electron chi connectivity index (χ0n) is 12.4. The summed E-state index contributed by atoms with van der Waals surface area (Å²) in [6, 6.07) is -0.492. The van der Waals surface area contributed by atoms with Gasteiger partial charge in [0.05, 0.1) is 7.11 Å². The number of carbonyl (C=O) groups excluding carboxylic acids is 2. The number of hydrogen-bond acceptors (Lipinski definition) is 5. The molecule has 1 aliphatic rings. The molecule has 0 aromatic heterocycles. The fourth-order valence-electron chi connectivity index (χ4n) is 1.47. The summed E-state index contributed by atoms with van der Waals surface area (Å²) in [5.41, 5.74) is 0. The average molecular weight is 289 g/mol. The van der Waals surface area contributed by atoms with Crippen LogP contribution in [0.2, 0.25) is 18.1 Å². The first kappa shape index (κ1) is 16.0. The van der Waals surface area contributed by atoms with E-state index in [0.717, 1.165) is 0 Å². The Balaban J connectivity index is 2.87. The molecular weight excluding hydrogens is 266 g/mol. The fourth-order valence-corrected chi connectivity index (χ4v) is 2.72. The Labute approximate surface area is 114 Å². The van der Waals surface area contributed by atoms with Gasteiger partial charge in [0.2, 0.25) is 0 Å². The first-order valence-electron chi connectivity index (χ1n) is 6.27. The van der Waals surface area contributed by atoms with Crippen LogP contribution in [0, 0.1) is 0 Å².